The molecule has 0 aliphatic rings. The maximum absolute atomic E-state index is 11.1. The first-order valence-electron chi connectivity index (χ1n) is 4.71. The van der Waals surface area contributed by atoms with Crippen molar-refractivity contribution in [2.75, 3.05) is 0 Å². The van der Waals surface area contributed by atoms with Gasteiger partial charge in [-0.05, 0) is 12.1 Å². The summed E-state index contributed by atoms with van der Waals surface area (Å²) in [7, 11) is 1.81. The summed E-state index contributed by atoms with van der Waals surface area (Å²) < 4.78 is 6.73. The van der Waals surface area contributed by atoms with Crippen molar-refractivity contribution in [1.82, 2.24) is 15.0 Å². The summed E-state index contributed by atoms with van der Waals surface area (Å²) in [6.45, 7) is 1.75. The number of aryl methyl sites for hydroxylation is 1. The Balaban J connectivity index is 2.35. The molecule has 0 fully saturated rings. The quantitative estimate of drug-likeness (QED) is 0.547. The van der Waals surface area contributed by atoms with Crippen LogP contribution >= 0.6 is 0 Å². The number of rotatable bonds is 2. The molecule has 0 aliphatic carbocycles. The van der Waals surface area contributed by atoms with Crippen LogP contribution < -0.4 is 4.74 Å². The minimum Gasteiger partial charge on any atom is -0.426 e. The van der Waals surface area contributed by atoms with E-state index in [1.54, 1.807) is 23.7 Å². The first kappa shape index (κ1) is 9.64. The van der Waals surface area contributed by atoms with Gasteiger partial charge in [0.05, 0.1) is 5.52 Å². The Bertz CT molecular complexity index is 504. The fourth-order valence-electron chi connectivity index (χ4n) is 1.29. The molecule has 0 saturated carbocycles. The number of aromatic nitrogens is 3. The number of benzene rings is 1. The maximum Gasteiger partial charge on any atom is 0.310 e. The Kier molecular flexibility index (Phi) is 2.37. The summed E-state index contributed by atoms with van der Waals surface area (Å²) in [5.74, 6) is 0.257. The zero-order valence-corrected chi connectivity index (χ0v) is 8.60. The van der Waals surface area contributed by atoms with Crippen LogP contribution in [-0.4, -0.2) is 21.0 Å². The Labute approximate surface area is 86.6 Å². The summed E-state index contributed by atoms with van der Waals surface area (Å²) in [6, 6.07) is 5.27. The third-order valence-electron chi connectivity index (χ3n) is 2.10. The fraction of sp³-hybridized carbons (Fsp3) is 0.300. The molecule has 0 radical (unpaired) electrons. The topological polar surface area (TPSA) is 57.0 Å². The normalized spacial score (nSPS) is 10.5. The van der Waals surface area contributed by atoms with E-state index in [0.29, 0.717) is 12.2 Å². The van der Waals surface area contributed by atoms with Crippen LogP contribution in [0.3, 0.4) is 0 Å². The third-order valence-corrected chi connectivity index (χ3v) is 2.10. The molecule has 0 amide bonds. The Morgan fingerprint density at radius 2 is 2.33 bits per heavy atom. The van der Waals surface area contributed by atoms with Gasteiger partial charge in [-0.2, -0.15) is 0 Å². The fourth-order valence-corrected chi connectivity index (χ4v) is 1.29. The van der Waals surface area contributed by atoms with Gasteiger partial charge in [-0.3, -0.25) is 4.79 Å². The molecule has 1 heterocycles. The lowest BCUT2D eigenvalue weighted by molar-refractivity contribution is -0.134. The van der Waals surface area contributed by atoms with Crippen molar-refractivity contribution in [3.63, 3.8) is 0 Å². The van der Waals surface area contributed by atoms with Gasteiger partial charge >= 0.3 is 5.97 Å². The van der Waals surface area contributed by atoms with Crippen molar-refractivity contribution in [1.29, 1.82) is 0 Å². The van der Waals surface area contributed by atoms with Gasteiger partial charge < -0.3 is 4.74 Å². The van der Waals surface area contributed by atoms with Gasteiger partial charge in [-0.25, -0.2) is 4.68 Å². The monoisotopic (exact) mass is 205 g/mol. The zero-order valence-electron chi connectivity index (χ0n) is 8.60. The Morgan fingerprint density at radius 1 is 1.53 bits per heavy atom. The lowest BCUT2D eigenvalue weighted by Crippen LogP contribution is -2.05. The van der Waals surface area contributed by atoms with Crippen molar-refractivity contribution in [3.05, 3.63) is 18.2 Å². The highest BCUT2D eigenvalue weighted by Gasteiger charge is 2.05. The molecule has 0 N–H and O–H groups in total. The van der Waals surface area contributed by atoms with Crippen LogP contribution in [0.5, 0.6) is 5.75 Å². The molecular formula is C10H11N3O2. The minimum atomic E-state index is -0.252. The second-order valence-electron chi connectivity index (χ2n) is 3.19. The summed E-state index contributed by atoms with van der Waals surface area (Å²) in [4.78, 5) is 11.1. The van der Waals surface area contributed by atoms with E-state index in [4.69, 9.17) is 4.74 Å². The molecule has 78 valence electrons. The lowest BCUT2D eigenvalue weighted by atomic mass is 10.3. The van der Waals surface area contributed by atoms with E-state index in [2.05, 4.69) is 10.3 Å². The van der Waals surface area contributed by atoms with Crippen molar-refractivity contribution >= 4 is 17.0 Å². The molecule has 5 nitrogen and oxygen atoms in total. The van der Waals surface area contributed by atoms with E-state index in [9.17, 15) is 4.79 Å². The van der Waals surface area contributed by atoms with Crippen LogP contribution in [0.1, 0.15) is 13.3 Å². The summed E-state index contributed by atoms with van der Waals surface area (Å²) in [5.41, 5.74) is 1.63. The highest BCUT2D eigenvalue weighted by molar-refractivity contribution is 5.78. The van der Waals surface area contributed by atoms with Crippen LogP contribution in [0.4, 0.5) is 0 Å². The smallest absolute Gasteiger partial charge is 0.310 e. The predicted octanol–water partition coefficient (Wildman–Crippen LogP) is 1.28. The number of carbonyl (C=O) groups is 1. The van der Waals surface area contributed by atoms with Crippen molar-refractivity contribution in [3.8, 4) is 5.75 Å². The summed E-state index contributed by atoms with van der Waals surface area (Å²) in [5, 5.41) is 7.80. The molecular weight excluding hydrogens is 194 g/mol. The molecule has 0 spiro atoms. The number of esters is 1. The van der Waals surface area contributed by atoms with E-state index in [1.807, 2.05) is 13.1 Å². The van der Waals surface area contributed by atoms with Crippen molar-refractivity contribution in [2.45, 2.75) is 13.3 Å². The van der Waals surface area contributed by atoms with Crippen LogP contribution in [0.15, 0.2) is 18.2 Å². The molecule has 0 bridgehead atoms. The average molecular weight is 205 g/mol. The van der Waals surface area contributed by atoms with E-state index >= 15 is 0 Å². The van der Waals surface area contributed by atoms with Crippen LogP contribution in [0.25, 0.3) is 11.0 Å². The number of hydrogen-bond donors (Lipinski definition) is 0. The zero-order chi connectivity index (χ0) is 10.8. The number of fused-ring (bicyclic) bond motifs is 1. The van der Waals surface area contributed by atoms with Gasteiger partial charge in [0.2, 0.25) is 0 Å². The van der Waals surface area contributed by atoms with E-state index < -0.39 is 0 Å². The van der Waals surface area contributed by atoms with Gasteiger partial charge in [-0.1, -0.05) is 12.1 Å². The first-order chi connectivity index (χ1) is 7.20. The van der Waals surface area contributed by atoms with Crippen molar-refractivity contribution in [2.24, 2.45) is 7.05 Å². The number of hydrogen-bond acceptors (Lipinski definition) is 4. The van der Waals surface area contributed by atoms with E-state index in [0.717, 1.165) is 11.0 Å². The average Bonchev–Trinajstić information content (AvgIpc) is 2.60. The van der Waals surface area contributed by atoms with Crippen LogP contribution in [-0.2, 0) is 11.8 Å². The Hall–Kier alpha value is -1.91. The number of ether oxygens (including phenoxy) is 1. The van der Waals surface area contributed by atoms with E-state index in [-0.39, 0.29) is 5.97 Å². The standard InChI is InChI=1S/C10H11N3O2/c1-3-10(14)15-7-4-5-9-8(6-7)11-12-13(9)2/h4-6H,3H2,1-2H3. The van der Waals surface area contributed by atoms with Gasteiger partial charge in [0.15, 0.2) is 0 Å². The molecule has 15 heavy (non-hydrogen) atoms. The highest BCUT2D eigenvalue weighted by atomic mass is 16.5. The van der Waals surface area contributed by atoms with Crippen LogP contribution in [0, 0.1) is 0 Å². The second-order valence-corrected chi connectivity index (χ2v) is 3.19. The molecule has 1 aromatic carbocycles. The van der Waals surface area contributed by atoms with Gasteiger partial charge in [0.1, 0.15) is 11.3 Å². The summed E-state index contributed by atoms with van der Waals surface area (Å²) in [6.07, 6.45) is 0.360. The largest absolute Gasteiger partial charge is 0.426 e. The van der Waals surface area contributed by atoms with Crippen molar-refractivity contribution < 1.29 is 9.53 Å². The molecule has 2 aromatic rings. The minimum absolute atomic E-state index is 0.252. The first-order valence-corrected chi connectivity index (χ1v) is 4.71. The van der Waals surface area contributed by atoms with Gasteiger partial charge in [0, 0.05) is 19.5 Å². The Morgan fingerprint density at radius 3 is 3.07 bits per heavy atom. The van der Waals surface area contributed by atoms with Gasteiger partial charge in [0.25, 0.3) is 0 Å². The van der Waals surface area contributed by atoms with E-state index in [1.165, 1.54) is 0 Å². The highest BCUT2D eigenvalue weighted by Crippen LogP contribution is 2.18. The second kappa shape index (κ2) is 3.68. The molecule has 0 atom stereocenters. The lowest BCUT2D eigenvalue weighted by Gasteiger charge is -2.01. The molecule has 2 rings (SSSR count). The van der Waals surface area contributed by atoms with Crippen LogP contribution in [0.2, 0.25) is 0 Å². The maximum atomic E-state index is 11.1. The summed E-state index contributed by atoms with van der Waals surface area (Å²) >= 11 is 0. The molecule has 0 aliphatic heterocycles. The third kappa shape index (κ3) is 1.81. The van der Waals surface area contributed by atoms with Gasteiger partial charge in [-0.15, -0.1) is 5.10 Å². The SMILES string of the molecule is CCC(=O)Oc1ccc2c(c1)nnn2C. The molecule has 1 aromatic heterocycles. The number of nitrogens with zero attached hydrogens (tertiary/aromatic N) is 3. The molecule has 5 heteroatoms. The molecule has 0 saturated heterocycles. The predicted molar refractivity (Wildman–Crippen MR) is 54.4 cm³/mol. The molecule has 0 unspecified atom stereocenters. The number of carbonyl (C=O) groups excluding carboxylic acids is 1.